The largest absolute Gasteiger partial charge is 0.316 e. The molecular formula is C13H17NO2. The van der Waals surface area contributed by atoms with Gasteiger partial charge in [0.1, 0.15) is 5.78 Å². The number of carbonyl (C=O) groups is 2. The maximum atomic E-state index is 11.2. The first-order chi connectivity index (χ1) is 7.50. The number of hydrogen-bond donors (Lipinski definition) is 0. The summed E-state index contributed by atoms with van der Waals surface area (Å²) in [6, 6.07) is 7.72. The van der Waals surface area contributed by atoms with E-state index in [9.17, 15) is 9.59 Å². The molecule has 0 aliphatic carbocycles. The number of amides is 1. The van der Waals surface area contributed by atoms with Crippen molar-refractivity contribution in [1.82, 2.24) is 0 Å². The summed E-state index contributed by atoms with van der Waals surface area (Å²) >= 11 is 0. The Labute approximate surface area is 96.1 Å². The Hall–Kier alpha value is -1.64. The van der Waals surface area contributed by atoms with Crippen molar-refractivity contribution in [2.75, 3.05) is 11.9 Å². The number of aryl methyl sites for hydroxylation is 1. The zero-order valence-electron chi connectivity index (χ0n) is 9.99. The minimum atomic E-state index is 0.00344. The zero-order valence-corrected chi connectivity index (χ0v) is 9.99. The van der Waals surface area contributed by atoms with Crippen molar-refractivity contribution in [1.29, 1.82) is 0 Å². The highest BCUT2D eigenvalue weighted by molar-refractivity contribution is 5.90. The van der Waals surface area contributed by atoms with Crippen LogP contribution in [0.1, 0.15) is 25.8 Å². The molecule has 3 nitrogen and oxygen atoms in total. The lowest BCUT2D eigenvalue weighted by atomic mass is 10.1. The number of benzene rings is 1. The van der Waals surface area contributed by atoms with E-state index in [-0.39, 0.29) is 11.7 Å². The Bertz CT molecular complexity index is 399. The van der Waals surface area contributed by atoms with Crippen LogP contribution in [0.4, 0.5) is 5.69 Å². The fourth-order valence-electron chi connectivity index (χ4n) is 1.42. The van der Waals surface area contributed by atoms with Gasteiger partial charge in [-0.05, 0) is 31.0 Å². The summed E-state index contributed by atoms with van der Waals surface area (Å²) in [5, 5.41) is 0. The fourth-order valence-corrected chi connectivity index (χ4v) is 1.42. The van der Waals surface area contributed by atoms with Crippen molar-refractivity contribution < 1.29 is 9.59 Å². The summed E-state index contributed by atoms with van der Waals surface area (Å²) < 4.78 is 0. The summed E-state index contributed by atoms with van der Waals surface area (Å²) in [5.41, 5.74) is 1.95. The van der Waals surface area contributed by atoms with Gasteiger partial charge in [-0.15, -0.1) is 0 Å². The number of ketones is 1. The fraction of sp³-hybridized carbons (Fsp3) is 0.385. The first-order valence-corrected chi connectivity index (χ1v) is 5.33. The van der Waals surface area contributed by atoms with Gasteiger partial charge in [-0.1, -0.05) is 12.1 Å². The molecule has 3 heteroatoms. The van der Waals surface area contributed by atoms with E-state index in [1.165, 1.54) is 6.92 Å². The third-order valence-electron chi connectivity index (χ3n) is 2.54. The quantitative estimate of drug-likeness (QED) is 0.778. The summed E-state index contributed by atoms with van der Waals surface area (Å²) in [4.78, 5) is 23.7. The molecule has 0 heterocycles. The van der Waals surface area contributed by atoms with Crippen molar-refractivity contribution in [2.45, 2.75) is 26.7 Å². The molecule has 0 fully saturated rings. The van der Waals surface area contributed by atoms with Gasteiger partial charge in [0.25, 0.3) is 0 Å². The Balaban J connectivity index is 2.78. The molecule has 1 aromatic rings. The lowest BCUT2D eigenvalue weighted by Crippen LogP contribution is -2.22. The van der Waals surface area contributed by atoms with Crippen LogP contribution in [0.3, 0.4) is 0 Å². The Morgan fingerprint density at radius 2 is 1.94 bits per heavy atom. The zero-order chi connectivity index (χ0) is 12.1. The normalized spacial score (nSPS) is 9.94. The molecule has 0 spiro atoms. The SMILES string of the molecule is CC(=O)CCc1cccc(N(C)C(C)=O)c1. The van der Waals surface area contributed by atoms with Crippen LogP contribution < -0.4 is 4.90 Å². The van der Waals surface area contributed by atoms with Crippen LogP contribution in [0.25, 0.3) is 0 Å². The van der Waals surface area contributed by atoms with Gasteiger partial charge in [0, 0.05) is 26.1 Å². The van der Waals surface area contributed by atoms with E-state index >= 15 is 0 Å². The number of anilines is 1. The summed E-state index contributed by atoms with van der Waals surface area (Å²) in [6.45, 7) is 3.12. The molecule has 0 aliphatic rings. The second-order valence-corrected chi connectivity index (χ2v) is 3.95. The molecule has 16 heavy (non-hydrogen) atoms. The molecule has 1 amide bonds. The lowest BCUT2D eigenvalue weighted by molar-refractivity contribution is -0.117. The average Bonchev–Trinajstić information content (AvgIpc) is 2.25. The standard InChI is InChI=1S/C13H17NO2/c1-10(15)7-8-12-5-4-6-13(9-12)14(3)11(2)16/h4-6,9H,7-8H2,1-3H3. The minimum Gasteiger partial charge on any atom is -0.316 e. The highest BCUT2D eigenvalue weighted by atomic mass is 16.2. The van der Waals surface area contributed by atoms with Crippen LogP contribution in [0.15, 0.2) is 24.3 Å². The Morgan fingerprint density at radius 1 is 1.25 bits per heavy atom. The smallest absolute Gasteiger partial charge is 0.223 e. The molecule has 0 atom stereocenters. The van der Waals surface area contributed by atoms with Crippen LogP contribution >= 0.6 is 0 Å². The van der Waals surface area contributed by atoms with E-state index in [0.717, 1.165) is 17.7 Å². The highest BCUT2D eigenvalue weighted by Gasteiger charge is 2.05. The molecular weight excluding hydrogens is 202 g/mol. The van der Waals surface area contributed by atoms with Crippen LogP contribution in [-0.4, -0.2) is 18.7 Å². The van der Waals surface area contributed by atoms with Crippen molar-refractivity contribution >= 4 is 17.4 Å². The summed E-state index contributed by atoms with van der Waals surface area (Å²) in [7, 11) is 1.74. The highest BCUT2D eigenvalue weighted by Crippen LogP contribution is 2.16. The summed E-state index contributed by atoms with van der Waals surface area (Å²) in [6.07, 6.45) is 1.28. The molecule has 1 aromatic carbocycles. The van der Waals surface area contributed by atoms with Crippen molar-refractivity contribution in [3.05, 3.63) is 29.8 Å². The maximum Gasteiger partial charge on any atom is 0.223 e. The van der Waals surface area contributed by atoms with Gasteiger partial charge < -0.3 is 9.69 Å². The number of hydrogen-bond acceptors (Lipinski definition) is 2. The Kier molecular flexibility index (Phi) is 4.23. The van der Waals surface area contributed by atoms with Crippen LogP contribution in [0.2, 0.25) is 0 Å². The first kappa shape index (κ1) is 12.4. The van der Waals surface area contributed by atoms with Crippen LogP contribution in [0, 0.1) is 0 Å². The van der Waals surface area contributed by atoms with E-state index in [1.807, 2.05) is 24.3 Å². The van der Waals surface area contributed by atoms with E-state index in [0.29, 0.717) is 6.42 Å². The number of Topliss-reactive ketones (excluding diaryl/α,β-unsaturated/α-hetero) is 1. The third kappa shape index (κ3) is 3.50. The maximum absolute atomic E-state index is 11.2. The third-order valence-corrected chi connectivity index (χ3v) is 2.54. The monoisotopic (exact) mass is 219 g/mol. The summed E-state index contributed by atoms with van der Waals surface area (Å²) in [5.74, 6) is 0.189. The van der Waals surface area contributed by atoms with E-state index in [1.54, 1.807) is 18.9 Å². The van der Waals surface area contributed by atoms with Crippen molar-refractivity contribution in [3.63, 3.8) is 0 Å². The van der Waals surface area contributed by atoms with Crippen LogP contribution in [-0.2, 0) is 16.0 Å². The van der Waals surface area contributed by atoms with E-state index in [2.05, 4.69) is 0 Å². The number of rotatable bonds is 4. The first-order valence-electron chi connectivity index (χ1n) is 5.33. The lowest BCUT2D eigenvalue weighted by Gasteiger charge is -2.15. The van der Waals surface area contributed by atoms with Crippen molar-refractivity contribution in [3.8, 4) is 0 Å². The van der Waals surface area contributed by atoms with E-state index < -0.39 is 0 Å². The minimum absolute atomic E-state index is 0.00344. The van der Waals surface area contributed by atoms with Gasteiger partial charge in [-0.3, -0.25) is 4.79 Å². The molecule has 0 saturated heterocycles. The molecule has 0 unspecified atom stereocenters. The van der Waals surface area contributed by atoms with Gasteiger partial charge in [0.15, 0.2) is 0 Å². The van der Waals surface area contributed by atoms with Crippen molar-refractivity contribution in [2.24, 2.45) is 0 Å². The Morgan fingerprint density at radius 3 is 2.50 bits per heavy atom. The van der Waals surface area contributed by atoms with Gasteiger partial charge in [-0.25, -0.2) is 0 Å². The number of nitrogens with zero attached hydrogens (tertiary/aromatic N) is 1. The van der Waals surface area contributed by atoms with Gasteiger partial charge in [-0.2, -0.15) is 0 Å². The molecule has 0 aliphatic heterocycles. The average molecular weight is 219 g/mol. The molecule has 0 saturated carbocycles. The van der Waals surface area contributed by atoms with Crippen LogP contribution in [0.5, 0.6) is 0 Å². The predicted molar refractivity (Wildman–Crippen MR) is 64.5 cm³/mol. The van der Waals surface area contributed by atoms with Gasteiger partial charge in [0.05, 0.1) is 0 Å². The predicted octanol–water partition coefficient (Wildman–Crippen LogP) is 2.19. The second-order valence-electron chi connectivity index (χ2n) is 3.95. The van der Waals surface area contributed by atoms with Gasteiger partial charge in [0.2, 0.25) is 5.91 Å². The second kappa shape index (κ2) is 5.45. The molecule has 0 aromatic heterocycles. The number of carbonyl (C=O) groups excluding carboxylic acids is 2. The molecule has 86 valence electrons. The molecule has 1 rings (SSSR count). The topological polar surface area (TPSA) is 37.4 Å². The molecule has 0 radical (unpaired) electrons. The van der Waals surface area contributed by atoms with E-state index in [4.69, 9.17) is 0 Å². The molecule has 0 N–H and O–H groups in total. The van der Waals surface area contributed by atoms with Gasteiger partial charge >= 0.3 is 0 Å². The molecule has 0 bridgehead atoms.